The van der Waals surface area contributed by atoms with Crippen LogP contribution in [-0.2, 0) is 0 Å². The number of pyridine rings is 1. The highest BCUT2D eigenvalue weighted by molar-refractivity contribution is 6.36. The number of aromatic amines is 1. The predicted octanol–water partition coefficient (Wildman–Crippen LogP) is 3.14. The standard InChI is InChI=1S/C10H7Cl2NO/c1-5-2-3-6-9(8(5)12)13-4-7(11)10(6)14/h2-4H,1H3,(H,13,14). The minimum Gasteiger partial charge on any atom is -0.358 e. The number of hydrogen-bond donors (Lipinski definition) is 1. The van der Waals surface area contributed by atoms with Crippen molar-refractivity contribution in [1.29, 1.82) is 0 Å². The third-order valence-corrected chi connectivity index (χ3v) is 2.91. The van der Waals surface area contributed by atoms with Gasteiger partial charge in [0.25, 0.3) is 0 Å². The highest BCUT2D eigenvalue weighted by Crippen LogP contribution is 2.23. The minimum absolute atomic E-state index is 0.178. The van der Waals surface area contributed by atoms with Crippen LogP contribution in [0.3, 0.4) is 0 Å². The maximum Gasteiger partial charge on any atom is 0.207 e. The smallest absolute Gasteiger partial charge is 0.207 e. The number of H-pyrrole nitrogens is 1. The van der Waals surface area contributed by atoms with E-state index in [1.54, 1.807) is 12.1 Å². The van der Waals surface area contributed by atoms with E-state index < -0.39 is 0 Å². The van der Waals surface area contributed by atoms with E-state index in [1.165, 1.54) is 6.20 Å². The lowest BCUT2D eigenvalue weighted by Crippen LogP contribution is -2.03. The number of halogens is 2. The van der Waals surface area contributed by atoms with Gasteiger partial charge in [0, 0.05) is 11.6 Å². The molecule has 0 aliphatic carbocycles. The average Bonchev–Trinajstić information content (AvgIpc) is 2.17. The molecule has 2 aromatic rings. The van der Waals surface area contributed by atoms with Gasteiger partial charge in [0.1, 0.15) is 5.02 Å². The van der Waals surface area contributed by atoms with Crippen LogP contribution in [0.4, 0.5) is 0 Å². The van der Waals surface area contributed by atoms with Gasteiger partial charge in [-0.15, -0.1) is 0 Å². The second-order valence-electron chi connectivity index (χ2n) is 3.08. The Hall–Kier alpha value is -0.990. The molecule has 0 aliphatic rings. The predicted molar refractivity (Wildman–Crippen MR) is 59.3 cm³/mol. The number of hydrogen-bond acceptors (Lipinski definition) is 1. The molecule has 1 aromatic carbocycles. The topological polar surface area (TPSA) is 32.9 Å². The number of rotatable bonds is 0. The van der Waals surface area contributed by atoms with Crippen molar-refractivity contribution >= 4 is 34.1 Å². The fourth-order valence-electron chi connectivity index (χ4n) is 1.34. The lowest BCUT2D eigenvalue weighted by Gasteiger charge is -2.03. The SMILES string of the molecule is Cc1ccc2c(=O)c(Cl)c[nH]c2c1Cl. The zero-order valence-electron chi connectivity index (χ0n) is 7.40. The maximum absolute atomic E-state index is 11.6. The first kappa shape index (κ1) is 9.56. The molecule has 0 radical (unpaired) electrons. The Kier molecular flexibility index (Phi) is 2.25. The zero-order chi connectivity index (χ0) is 10.3. The summed E-state index contributed by atoms with van der Waals surface area (Å²) in [6, 6.07) is 3.53. The highest BCUT2D eigenvalue weighted by Gasteiger charge is 2.07. The summed E-state index contributed by atoms with van der Waals surface area (Å²) in [5.74, 6) is 0. The van der Waals surface area contributed by atoms with Gasteiger partial charge in [0.2, 0.25) is 5.43 Å². The van der Waals surface area contributed by atoms with Gasteiger partial charge in [0.15, 0.2) is 0 Å². The van der Waals surface area contributed by atoms with Crippen molar-refractivity contribution in [1.82, 2.24) is 4.98 Å². The van der Waals surface area contributed by atoms with Crippen molar-refractivity contribution in [3.05, 3.63) is 44.2 Å². The van der Waals surface area contributed by atoms with Crippen molar-refractivity contribution in [2.24, 2.45) is 0 Å². The first-order valence-corrected chi connectivity index (χ1v) is 4.83. The Morgan fingerprint density at radius 2 is 2.00 bits per heavy atom. The Bertz CT molecular complexity index is 560. The molecule has 1 N–H and O–H groups in total. The van der Waals surface area contributed by atoms with E-state index in [2.05, 4.69) is 4.98 Å². The van der Waals surface area contributed by atoms with Crippen LogP contribution >= 0.6 is 23.2 Å². The Morgan fingerprint density at radius 1 is 1.29 bits per heavy atom. The van der Waals surface area contributed by atoms with Gasteiger partial charge in [0.05, 0.1) is 10.5 Å². The first-order chi connectivity index (χ1) is 6.61. The van der Waals surface area contributed by atoms with E-state index in [0.29, 0.717) is 15.9 Å². The molecule has 0 unspecified atom stereocenters. The fourth-order valence-corrected chi connectivity index (χ4v) is 1.72. The second-order valence-corrected chi connectivity index (χ2v) is 3.87. The molecule has 14 heavy (non-hydrogen) atoms. The summed E-state index contributed by atoms with van der Waals surface area (Å²) >= 11 is 11.7. The normalized spacial score (nSPS) is 10.8. The van der Waals surface area contributed by atoms with Crippen molar-refractivity contribution in [2.45, 2.75) is 6.92 Å². The van der Waals surface area contributed by atoms with Crippen molar-refractivity contribution in [2.75, 3.05) is 0 Å². The summed E-state index contributed by atoms with van der Waals surface area (Å²) in [6.45, 7) is 1.88. The Labute approximate surface area is 90.5 Å². The van der Waals surface area contributed by atoms with E-state index >= 15 is 0 Å². The van der Waals surface area contributed by atoms with Gasteiger partial charge in [-0.05, 0) is 18.6 Å². The zero-order valence-corrected chi connectivity index (χ0v) is 8.91. The third-order valence-electron chi connectivity index (χ3n) is 2.14. The molecule has 2 nitrogen and oxygen atoms in total. The van der Waals surface area contributed by atoms with Crippen LogP contribution in [0.2, 0.25) is 10.0 Å². The van der Waals surface area contributed by atoms with Gasteiger partial charge >= 0.3 is 0 Å². The quantitative estimate of drug-likeness (QED) is 0.738. The molecule has 0 atom stereocenters. The molecule has 0 saturated heterocycles. The molecule has 2 rings (SSSR count). The van der Waals surface area contributed by atoms with E-state index in [9.17, 15) is 4.79 Å². The summed E-state index contributed by atoms with van der Waals surface area (Å²) in [7, 11) is 0. The molecule has 0 aliphatic heterocycles. The molecule has 1 heterocycles. The van der Waals surface area contributed by atoms with Crippen LogP contribution in [0.25, 0.3) is 10.9 Å². The average molecular weight is 228 g/mol. The molecule has 0 saturated carbocycles. The largest absolute Gasteiger partial charge is 0.358 e. The summed E-state index contributed by atoms with van der Waals surface area (Å²) in [5.41, 5.74) is 1.38. The number of nitrogens with one attached hydrogen (secondary N) is 1. The molecule has 0 bridgehead atoms. The molecule has 0 fully saturated rings. The second kappa shape index (κ2) is 3.30. The van der Waals surface area contributed by atoms with E-state index in [-0.39, 0.29) is 10.5 Å². The van der Waals surface area contributed by atoms with Crippen LogP contribution in [0, 0.1) is 6.92 Å². The van der Waals surface area contributed by atoms with Gasteiger partial charge in [-0.3, -0.25) is 4.79 Å². The first-order valence-electron chi connectivity index (χ1n) is 4.07. The Morgan fingerprint density at radius 3 is 2.71 bits per heavy atom. The summed E-state index contributed by atoms with van der Waals surface area (Å²) in [4.78, 5) is 14.5. The number of aromatic nitrogens is 1. The summed E-state index contributed by atoms with van der Waals surface area (Å²) in [5, 5.41) is 1.27. The number of fused-ring (bicyclic) bond motifs is 1. The third kappa shape index (κ3) is 1.31. The molecule has 0 spiro atoms. The van der Waals surface area contributed by atoms with Crippen molar-refractivity contribution in [3.8, 4) is 0 Å². The number of aryl methyl sites for hydroxylation is 1. The monoisotopic (exact) mass is 227 g/mol. The Balaban J connectivity index is 3.02. The maximum atomic E-state index is 11.6. The lowest BCUT2D eigenvalue weighted by atomic mass is 10.1. The summed E-state index contributed by atoms with van der Waals surface area (Å²) < 4.78 is 0. The van der Waals surface area contributed by atoms with Gasteiger partial charge in [-0.1, -0.05) is 29.3 Å². The summed E-state index contributed by atoms with van der Waals surface area (Å²) in [6.07, 6.45) is 1.46. The van der Waals surface area contributed by atoms with Gasteiger partial charge in [-0.25, -0.2) is 0 Å². The van der Waals surface area contributed by atoms with E-state index in [0.717, 1.165) is 5.56 Å². The van der Waals surface area contributed by atoms with Crippen molar-refractivity contribution < 1.29 is 0 Å². The molecular formula is C10H7Cl2NO. The number of benzene rings is 1. The minimum atomic E-state index is -0.192. The van der Waals surface area contributed by atoms with Crippen molar-refractivity contribution in [3.63, 3.8) is 0 Å². The molecule has 1 aromatic heterocycles. The molecular weight excluding hydrogens is 221 g/mol. The highest BCUT2D eigenvalue weighted by atomic mass is 35.5. The van der Waals surface area contributed by atoms with Crippen LogP contribution in [0.5, 0.6) is 0 Å². The van der Waals surface area contributed by atoms with E-state index in [1.807, 2.05) is 6.92 Å². The molecule has 0 amide bonds. The lowest BCUT2D eigenvalue weighted by molar-refractivity contribution is 1.37. The van der Waals surface area contributed by atoms with Crippen LogP contribution in [0.1, 0.15) is 5.56 Å². The molecule has 72 valence electrons. The van der Waals surface area contributed by atoms with Crippen LogP contribution in [0.15, 0.2) is 23.1 Å². The van der Waals surface area contributed by atoms with E-state index in [4.69, 9.17) is 23.2 Å². The molecule has 4 heteroatoms. The van der Waals surface area contributed by atoms with Crippen LogP contribution < -0.4 is 5.43 Å². The van der Waals surface area contributed by atoms with Gasteiger partial charge in [-0.2, -0.15) is 0 Å². The fraction of sp³-hybridized carbons (Fsp3) is 0.100. The van der Waals surface area contributed by atoms with Gasteiger partial charge < -0.3 is 4.98 Å². The van der Waals surface area contributed by atoms with Crippen LogP contribution in [-0.4, -0.2) is 4.98 Å².